The van der Waals surface area contributed by atoms with Gasteiger partial charge in [-0.15, -0.1) is 0 Å². The van der Waals surface area contributed by atoms with Gasteiger partial charge in [-0.3, -0.25) is 14.7 Å². The predicted molar refractivity (Wildman–Crippen MR) is 95.6 cm³/mol. The van der Waals surface area contributed by atoms with E-state index in [1.165, 1.54) is 11.1 Å². The summed E-state index contributed by atoms with van der Waals surface area (Å²) in [4.78, 5) is 20.8. The van der Waals surface area contributed by atoms with Gasteiger partial charge in [-0.25, -0.2) is 0 Å². The molecule has 1 amide bonds. The molecule has 2 heterocycles. The van der Waals surface area contributed by atoms with Crippen LogP contribution in [-0.4, -0.2) is 47.4 Å². The number of nitrogens with zero attached hydrogens (tertiary/aromatic N) is 3. The first-order valence-electron chi connectivity index (χ1n) is 8.53. The second kappa shape index (κ2) is 7.58. The lowest BCUT2D eigenvalue weighted by molar-refractivity contribution is -0.130. The minimum Gasteiger partial charge on any atom is -0.344 e. The van der Waals surface area contributed by atoms with Gasteiger partial charge >= 0.3 is 0 Å². The summed E-state index contributed by atoms with van der Waals surface area (Å²) in [5.41, 5.74) is 3.93. The van der Waals surface area contributed by atoms with Gasteiger partial charge in [0.15, 0.2) is 0 Å². The first-order valence-corrected chi connectivity index (χ1v) is 8.53. The fourth-order valence-corrected chi connectivity index (χ4v) is 3.33. The number of pyridine rings is 1. The minimum atomic E-state index is 0.200. The van der Waals surface area contributed by atoms with Gasteiger partial charge in [0.05, 0.1) is 0 Å². The summed E-state index contributed by atoms with van der Waals surface area (Å²) < 4.78 is 0. The van der Waals surface area contributed by atoms with Gasteiger partial charge in [0, 0.05) is 45.0 Å². The third-order valence-electron chi connectivity index (χ3n) is 4.88. The molecule has 0 N–H and O–H groups in total. The third-order valence-corrected chi connectivity index (χ3v) is 4.88. The molecule has 0 saturated heterocycles. The molecule has 1 atom stereocenters. The van der Waals surface area contributed by atoms with Crippen molar-refractivity contribution in [3.8, 4) is 0 Å². The van der Waals surface area contributed by atoms with Crippen LogP contribution in [0.3, 0.4) is 0 Å². The van der Waals surface area contributed by atoms with E-state index < -0.39 is 0 Å². The number of aryl methyl sites for hydroxylation is 1. The summed E-state index contributed by atoms with van der Waals surface area (Å²) in [6.45, 7) is 1.73. The Balaban J connectivity index is 1.54. The monoisotopic (exact) mass is 323 g/mol. The van der Waals surface area contributed by atoms with Crippen molar-refractivity contribution >= 4 is 5.91 Å². The van der Waals surface area contributed by atoms with Crippen LogP contribution in [0.25, 0.3) is 0 Å². The van der Waals surface area contributed by atoms with E-state index in [1.807, 2.05) is 30.3 Å². The average molecular weight is 323 g/mol. The highest BCUT2D eigenvalue weighted by Crippen LogP contribution is 2.22. The highest BCUT2D eigenvalue weighted by Gasteiger charge is 2.25. The Hall–Kier alpha value is -2.20. The molecular formula is C20H25N3O. The number of aromatic nitrogens is 1. The van der Waals surface area contributed by atoms with Crippen LogP contribution in [0.4, 0.5) is 0 Å². The van der Waals surface area contributed by atoms with Gasteiger partial charge in [0.25, 0.3) is 0 Å². The van der Waals surface area contributed by atoms with Gasteiger partial charge in [0.2, 0.25) is 5.91 Å². The maximum Gasteiger partial charge on any atom is 0.222 e. The van der Waals surface area contributed by atoms with Crippen LogP contribution >= 0.6 is 0 Å². The molecule has 24 heavy (non-hydrogen) atoms. The predicted octanol–water partition coefficient (Wildman–Crippen LogP) is 2.53. The van der Waals surface area contributed by atoms with E-state index in [1.54, 1.807) is 6.20 Å². The largest absolute Gasteiger partial charge is 0.344 e. The molecule has 1 aliphatic heterocycles. The van der Waals surface area contributed by atoms with Crippen molar-refractivity contribution in [1.82, 2.24) is 14.8 Å². The summed E-state index contributed by atoms with van der Waals surface area (Å²) in [5, 5.41) is 0. The van der Waals surface area contributed by atoms with E-state index in [9.17, 15) is 4.79 Å². The molecule has 1 aromatic carbocycles. The van der Waals surface area contributed by atoms with Crippen LogP contribution in [0.5, 0.6) is 0 Å². The molecule has 4 nitrogen and oxygen atoms in total. The van der Waals surface area contributed by atoms with Crippen molar-refractivity contribution in [2.45, 2.75) is 31.8 Å². The lowest BCUT2D eigenvalue weighted by Crippen LogP contribution is -2.46. The molecule has 2 aromatic rings. The Morgan fingerprint density at radius 2 is 2.04 bits per heavy atom. The summed E-state index contributed by atoms with van der Waals surface area (Å²) in [7, 11) is 4.06. The third kappa shape index (κ3) is 4.01. The SMILES string of the molecule is CN(C[C@H]1Cc2ccccc2CN1C)C(=O)CCc1cccnc1. The maximum absolute atomic E-state index is 12.4. The zero-order valence-corrected chi connectivity index (χ0v) is 14.5. The standard InChI is InChI=1S/C20H25N3O/c1-22-14-18-8-4-3-7-17(18)12-19(22)15-23(2)20(24)10-9-16-6-5-11-21-13-16/h3-8,11,13,19H,9-10,12,14-15H2,1-2H3/t19-/m1/s1. The molecule has 0 spiro atoms. The first kappa shape index (κ1) is 16.7. The van der Waals surface area contributed by atoms with Gasteiger partial charge in [-0.1, -0.05) is 30.3 Å². The number of amides is 1. The van der Waals surface area contributed by atoms with E-state index >= 15 is 0 Å². The Kier molecular flexibility index (Phi) is 5.26. The molecule has 126 valence electrons. The molecule has 0 radical (unpaired) electrons. The van der Waals surface area contributed by atoms with Crippen molar-refractivity contribution < 1.29 is 4.79 Å². The fourth-order valence-electron chi connectivity index (χ4n) is 3.33. The van der Waals surface area contributed by atoms with E-state index in [2.05, 4.69) is 41.2 Å². The molecule has 1 aliphatic rings. The molecule has 0 bridgehead atoms. The quantitative estimate of drug-likeness (QED) is 0.848. The number of fused-ring (bicyclic) bond motifs is 1. The summed E-state index contributed by atoms with van der Waals surface area (Å²) in [6, 6.07) is 12.9. The number of rotatable bonds is 5. The van der Waals surface area contributed by atoms with Gasteiger partial charge in [-0.05, 0) is 42.6 Å². The molecule has 0 fully saturated rings. The number of carbonyl (C=O) groups excluding carboxylic acids is 1. The van der Waals surface area contributed by atoms with E-state index in [0.29, 0.717) is 12.5 Å². The van der Waals surface area contributed by atoms with Crippen molar-refractivity contribution in [2.75, 3.05) is 20.6 Å². The van der Waals surface area contributed by atoms with Crippen LogP contribution in [0.2, 0.25) is 0 Å². The van der Waals surface area contributed by atoms with Gasteiger partial charge in [0.1, 0.15) is 0 Å². The Labute approximate surface area is 144 Å². The van der Waals surface area contributed by atoms with E-state index in [-0.39, 0.29) is 5.91 Å². The zero-order valence-electron chi connectivity index (χ0n) is 14.5. The smallest absolute Gasteiger partial charge is 0.222 e. The molecule has 0 unspecified atom stereocenters. The second-order valence-electron chi connectivity index (χ2n) is 6.68. The summed E-state index contributed by atoms with van der Waals surface area (Å²) >= 11 is 0. The number of carbonyl (C=O) groups is 1. The van der Waals surface area contributed by atoms with Crippen molar-refractivity contribution in [2.24, 2.45) is 0 Å². The van der Waals surface area contributed by atoms with Crippen LogP contribution in [-0.2, 0) is 24.2 Å². The van der Waals surface area contributed by atoms with Crippen molar-refractivity contribution in [3.05, 3.63) is 65.5 Å². The van der Waals surface area contributed by atoms with Crippen molar-refractivity contribution in [1.29, 1.82) is 0 Å². The lowest BCUT2D eigenvalue weighted by atomic mass is 9.94. The Morgan fingerprint density at radius 3 is 2.79 bits per heavy atom. The normalized spacial score (nSPS) is 17.3. The van der Waals surface area contributed by atoms with Crippen LogP contribution in [0.15, 0.2) is 48.8 Å². The average Bonchev–Trinajstić information content (AvgIpc) is 2.61. The van der Waals surface area contributed by atoms with Gasteiger partial charge in [-0.2, -0.15) is 0 Å². The van der Waals surface area contributed by atoms with E-state index in [0.717, 1.165) is 31.5 Å². The highest BCUT2D eigenvalue weighted by molar-refractivity contribution is 5.76. The Morgan fingerprint density at radius 1 is 1.25 bits per heavy atom. The van der Waals surface area contributed by atoms with E-state index in [4.69, 9.17) is 0 Å². The second-order valence-corrected chi connectivity index (χ2v) is 6.68. The Bertz CT molecular complexity index is 686. The molecular weight excluding hydrogens is 298 g/mol. The number of likely N-dealkylation sites (N-methyl/N-ethyl adjacent to an activating group) is 2. The summed E-state index contributed by atoms with van der Waals surface area (Å²) in [5.74, 6) is 0.200. The minimum absolute atomic E-state index is 0.200. The van der Waals surface area contributed by atoms with Crippen LogP contribution in [0.1, 0.15) is 23.1 Å². The molecule has 3 rings (SSSR count). The molecule has 1 aromatic heterocycles. The maximum atomic E-state index is 12.4. The molecule has 4 heteroatoms. The molecule has 0 aliphatic carbocycles. The lowest BCUT2D eigenvalue weighted by Gasteiger charge is -2.36. The van der Waals surface area contributed by atoms with Crippen LogP contribution < -0.4 is 0 Å². The zero-order chi connectivity index (χ0) is 16.9. The summed E-state index contributed by atoms with van der Waals surface area (Å²) in [6.07, 6.45) is 5.88. The van der Waals surface area contributed by atoms with Crippen molar-refractivity contribution in [3.63, 3.8) is 0 Å². The topological polar surface area (TPSA) is 36.4 Å². The fraction of sp³-hybridized carbons (Fsp3) is 0.400. The highest BCUT2D eigenvalue weighted by atomic mass is 16.2. The number of benzene rings is 1. The van der Waals surface area contributed by atoms with Crippen LogP contribution in [0, 0.1) is 0 Å². The number of hydrogen-bond donors (Lipinski definition) is 0. The molecule has 0 saturated carbocycles. The van der Waals surface area contributed by atoms with Gasteiger partial charge < -0.3 is 4.90 Å². The first-order chi connectivity index (χ1) is 11.6. The number of hydrogen-bond acceptors (Lipinski definition) is 3.